The number of fused-ring (bicyclic) bond motifs is 2. The molecule has 3 aromatic rings. The zero-order chi connectivity index (χ0) is 19.1. The Morgan fingerprint density at radius 1 is 0.964 bits per heavy atom. The van der Waals surface area contributed by atoms with Crippen LogP contribution < -0.4 is 11.0 Å². The Balaban J connectivity index is 1.50. The third kappa shape index (κ3) is 2.86. The molecule has 0 radical (unpaired) electrons. The SMILES string of the molecule is O=C(N[C@H]1CCCc2ccccc21)n1c(=O)n(CC2CCC2)c2ccccc21. The molecule has 1 N–H and O–H groups in total. The molecule has 0 saturated heterocycles. The van der Waals surface area contributed by atoms with Gasteiger partial charge in [-0.15, -0.1) is 0 Å². The quantitative estimate of drug-likeness (QED) is 0.744. The number of hydrogen-bond donors (Lipinski definition) is 1. The van der Waals surface area contributed by atoms with E-state index in [2.05, 4.69) is 17.4 Å². The maximum absolute atomic E-state index is 13.2. The second-order valence-electron chi connectivity index (χ2n) is 8.11. The summed E-state index contributed by atoms with van der Waals surface area (Å²) < 4.78 is 3.11. The number of aryl methyl sites for hydroxylation is 1. The van der Waals surface area contributed by atoms with Crippen molar-refractivity contribution in [1.29, 1.82) is 0 Å². The first kappa shape index (κ1) is 17.3. The van der Waals surface area contributed by atoms with Crippen LogP contribution in [-0.2, 0) is 13.0 Å². The number of rotatable bonds is 3. The molecule has 2 aliphatic carbocycles. The third-order valence-electron chi connectivity index (χ3n) is 6.37. The van der Waals surface area contributed by atoms with Crippen molar-refractivity contribution >= 4 is 17.1 Å². The fraction of sp³-hybridized carbons (Fsp3) is 0.391. The molecule has 1 saturated carbocycles. The lowest BCUT2D eigenvalue weighted by Crippen LogP contribution is -2.40. The Morgan fingerprint density at radius 2 is 1.71 bits per heavy atom. The molecule has 0 unspecified atom stereocenters. The maximum atomic E-state index is 13.2. The average molecular weight is 375 g/mol. The van der Waals surface area contributed by atoms with Gasteiger partial charge in [-0.1, -0.05) is 42.8 Å². The van der Waals surface area contributed by atoms with Gasteiger partial charge in [-0.2, -0.15) is 0 Å². The van der Waals surface area contributed by atoms with Crippen molar-refractivity contribution in [2.24, 2.45) is 5.92 Å². The van der Waals surface area contributed by atoms with Crippen LogP contribution in [0.25, 0.3) is 11.0 Å². The van der Waals surface area contributed by atoms with Crippen molar-refractivity contribution in [2.75, 3.05) is 0 Å². The first-order valence-electron chi connectivity index (χ1n) is 10.3. The smallest absolute Gasteiger partial charge is 0.330 e. The summed E-state index contributed by atoms with van der Waals surface area (Å²) in [5.74, 6) is 0.547. The third-order valence-corrected chi connectivity index (χ3v) is 6.37. The highest BCUT2D eigenvalue weighted by molar-refractivity contribution is 5.89. The normalized spacial score (nSPS) is 19.2. The van der Waals surface area contributed by atoms with Crippen LogP contribution in [-0.4, -0.2) is 15.2 Å². The second-order valence-corrected chi connectivity index (χ2v) is 8.11. The van der Waals surface area contributed by atoms with Gasteiger partial charge in [0.25, 0.3) is 0 Å². The molecule has 1 atom stereocenters. The lowest BCUT2D eigenvalue weighted by molar-refractivity contribution is 0.236. The molecule has 1 aromatic heterocycles. The van der Waals surface area contributed by atoms with E-state index in [-0.39, 0.29) is 17.8 Å². The average Bonchev–Trinajstić information content (AvgIpc) is 2.96. The number of amides is 1. The van der Waals surface area contributed by atoms with Crippen LogP contribution in [0.3, 0.4) is 0 Å². The molecule has 2 aromatic carbocycles. The number of carbonyl (C=O) groups excluding carboxylic acids is 1. The molecule has 1 amide bonds. The van der Waals surface area contributed by atoms with Crippen molar-refractivity contribution in [3.63, 3.8) is 0 Å². The van der Waals surface area contributed by atoms with Gasteiger partial charge in [-0.05, 0) is 61.3 Å². The van der Waals surface area contributed by atoms with E-state index in [4.69, 9.17) is 0 Å². The van der Waals surface area contributed by atoms with Crippen LogP contribution in [0.5, 0.6) is 0 Å². The molecule has 2 aliphatic rings. The van der Waals surface area contributed by atoms with E-state index in [1.54, 1.807) is 4.57 Å². The highest BCUT2D eigenvalue weighted by Crippen LogP contribution is 2.30. The number of aromatic nitrogens is 2. The van der Waals surface area contributed by atoms with Crippen LogP contribution in [0.4, 0.5) is 4.79 Å². The molecule has 5 rings (SSSR count). The summed E-state index contributed by atoms with van der Waals surface area (Å²) in [6, 6.07) is 15.5. The van der Waals surface area contributed by atoms with Gasteiger partial charge in [0.2, 0.25) is 0 Å². The van der Waals surface area contributed by atoms with Gasteiger partial charge in [0.05, 0.1) is 17.1 Å². The summed E-state index contributed by atoms with van der Waals surface area (Å²) >= 11 is 0. The van der Waals surface area contributed by atoms with Gasteiger partial charge >= 0.3 is 11.7 Å². The van der Waals surface area contributed by atoms with E-state index < -0.39 is 0 Å². The molecular weight excluding hydrogens is 350 g/mol. The van der Waals surface area contributed by atoms with E-state index in [1.807, 2.05) is 36.4 Å². The van der Waals surface area contributed by atoms with Crippen molar-refractivity contribution in [3.05, 3.63) is 70.1 Å². The summed E-state index contributed by atoms with van der Waals surface area (Å²) in [6.45, 7) is 0.700. The Hall–Kier alpha value is -2.82. The minimum Gasteiger partial charge on any atom is -0.330 e. The van der Waals surface area contributed by atoms with Crippen LogP contribution in [0.15, 0.2) is 53.3 Å². The molecule has 144 valence electrons. The molecule has 0 bridgehead atoms. The summed E-state index contributed by atoms with van der Waals surface area (Å²) in [6.07, 6.45) is 6.55. The number of carbonyl (C=O) groups is 1. The van der Waals surface area contributed by atoms with Crippen LogP contribution in [0.1, 0.15) is 49.3 Å². The monoisotopic (exact) mass is 375 g/mol. The second kappa shape index (κ2) is 6.97. The lowest BCUT2D eigenvalue weighted by atomic mass is 9.85. The number of nitrogens with one attached hydrogen (secondary N) is 1. The van der Waals surface area contributed by atoms with Crippen LogP contribution in [0, 0.1) is 5.92 Å². The number of para-hydroxylation sites is 2. The van der Waals surface area contributed by atoms with E-state index in [0.29, 0.717) is 18.0 Å². The number of hydrogen-bond acceptors (Lipinski definition) is 2. The molecule has 1 fully saturated rings. The zero-order valence-corrected chi connectivity index (χ0v) is 15.9. The minimum absolute atomic E-state index is 0.0434. The first-order valence-corrected chi connectivity index (χ1v) is 10.3. The van der Waals surface area contributed by atoms with Gasteiger partial charge in [0, 0.05) is 6.54 Å². The van der Waals surface area contributed by atoms with Gasteiger partial charge in [-0.25, -0.2) is 14.2 Å². The van der Waals surface area contributed by atoms with Crippen molar-refractivity contribution in [1.82, 2.24) is 14.5 Å². The highest BCUT2D eigenvalue weighted by atomic mass is 16.2. The van der Waals surface area contributed by atoms with Crippen molar-refractivity contribution in [3.8, 4) is 0 Å². The lowest BCUT2D eigenvalue weighted by Gasteiger charge is -2.26. The summed E-state index contributed by atoms with van der Waals surface area (Å²) in [7, 11) is 0. The van der Waals surface area contributed by atoms with Gasteiger partial charge in [0.1, 0.15) is 0 Å². The predicted octanol–water partition coefficient (Wildman–Crippen LogP) is 4.24. The summed E-state index contributed by atoms with van der Waals surface area (Å²) in [4.78, 5) is 26.3. The summed E-state index contributed by atoms with van der Waals surface area (Å²) in [5, 5.41) is 3.13. The maximum Gasteiger partial charge on any atom is 0.337 e. The molecule has 1 heterocycles. The van der Waals surface area contributed by atoms with Crippen molar-refractivity contribution in [2.45, 2.75) is 51.1 Å². The van der Waals surface area contributed by atoms with E-state index >= 15 is 0 Å². The Kier molecular flexibility index (Phi) is 4.30. The first-order chi connectivity index (χ1) is 13.7. The number of nitrogens with zero attached hydrogens (tertiary/aromatic N) is 2. The van der Waals surface area contributed by atoms with Crippen molar-refractivity contribution < 1.29 is 4.79 Å². The Bertz CT molecular complexity index is 1090. The standard InChI is InChI=1S/C23H25N3O2/c27-22(24-19-12-6-10-17-9-1-2-11-18(17)19)26-21-14-4-3-13-20(21)25(23(26)28)15-16-7-5-8-16/h1-4,9,11,13-14,16,19H,5-8,10,12,15H2,(H,24,27)/t19-/m0/s1. The minimum atomic E-state index is -0.324. The van der Waals surface area contributed by atoms with E-state index in [0.717, 1.165) is 37.6 Å². The number of imidazole rings is 1. The highest BCUT2D eigenvalue weighted by Gasteiger charge is 2.26. The van der Waals surface area contributed by atoms with Gasteiger partial charge in [-0.3, -0.25) is 4.57 Å². The molecule has 5 heteroatoms. The summed E-state index contributed by atoms with van der Waals surface area (Å²) in [5.41, 5.74) is 3.77. The van der Waals surface area contributed by atoms with E-state index in [1.165, 1.54) is 22.1 Å². The molecule has 0 spiro atoms. The molecular formula is C23H25N3O2. The van der Waals surface area contributed by atoms with E-state index in [9.17, 15) is 9.59 Å². The van der Waals surface area contributed by atoms with Crippen LogP contribution in [0.2, 0.25) is 0 Å². The molecule has 5 nitrogen and oxygen atoms in total. The predicted molar refractivity (Wildman–Crippen MR) is 110 cm³/mol. The molecule has 28 heavy (non-hydrogen) atoms. The zero-order valence-electron chi connectivity index (χ0n) is 15.9. The Morgan fingerprint density at radius 3 is 2.50 bits per heavy atom. The Labute approximate surface area is 164 Å². The number of benzene rings is 2. The fourth-order valence-corrected chi connectivity index (χ4v) is 4.63. The van der Waals surface area contributed by atoms with Gasteiger partial charge in [0.15, 0.2) is 0 Å². The fourth-order valence-electron chi connectivity index (χ4n) is 4.63. The van der Waals surface area contributed by atoms with Crippen LogP contribution >= 0.6 is 0 Å². The topological polar surface area (TPSA) is 56.0 Å². The largest absolute Gasteiger partial charge is 0.337 e. The molecule has 0 aliphatic heterocycles. The van der Waals surface area contributed by atoms with Gasteiger partial charge < -0.3 is 5.32 Å².